The fourth-order valence-electron chi connectivity index (χ4n) is 1.13. The number of rotatable bonds is 4. The smallest absolute Gasteiger partial charge is 0.212 e. The summed E-state index contributed by atoms with van der Waals surface area (Å²) in [5.41, 5.74) is 0. The quantitative estimate of drug-likeness (QED) is 0.877. The highest BCUT2D eigenvalue weighted by Gasteiger charge is 2.12. The first kappa shape index (κ1) is 12.3. The molecule has 0 radical (unpaired) electrons. The van der Waals surface area contributed by atoms with Gasteiger partial charge in [-0.25, -0.2) is 13.6 Å². The molecule has 0 heterocycles. The lowest BCUT2D eigenvalue weighted by Crippen LogP contribution is -2.28. The molecule has 84 valence electrons. The van der Waals surface area contributed by atoms with Gasteiger partial charge in [-0.2, -0.15) is 0 Å². The molecule has 4 nitrogen and oxygen atoms in total. The predicted octanol–water partition coefficient (Wildman–Crippen LogP) is 1.40. The molecule has 2 N–H and O–H groups in total. The Morgan fingerprint density at radius 3 is 2.73 bits per heavy atom. The summed E-state index contributed by atoms with van der Waals surface area (Å²) in [7, 11) is -3.51. The SMILES string of the molecule is CC(CS(N)(=O)=O)Oc1cccc(Cl)c1. The average molecular weight is 250 g/mol. The van der Waals surface area contributed by atoms with Crippen LogP contribution in [0.25, 0.3) is 0 Å². The van der Waals surface area contributed by atoms with Crippen molar-refractivity contribution in [1.82, 2.24) is 0 Å². The Balaban J connectivity index is 2.63. The van der Waals surface area contributed by atoms with E-state index in [0.29, 0.717) is 10.8 Å². The third-order valence-corrected chi connectivity index (χ3v) is 2.77. The molecule has 0 fully saturated rings. The van der Waals surface area contributed by atoms with Gasteiger partial charge in [0.1, 0.15) is 17.6 Å². The Kier molecular flexibility index (Phi) is 3.96. The second-order valence-corrected chi connectivity index (χ2v) is 5.31. The van der Waals surface area contributed by atoms with Gasteiger partial charge >= 0.3 is 0 Å². The second kappa shape index (κ2) is 4.83. The second-order valence-electron chi connectivity index (χ2n) is 3.22. The molecule has 0 spiro atoms. The summed E-state index contributed by atoms with van der Waals surface area (Å²) in [6.45, 7) is 1.63. The lowest BCUT2D eigenvalue weighted by atomic mass is 10.3. The molecule has 0 aliphatic carbocycles. The summed E-state index contributed by atoms with van der Waals surface area (Å²) in [5, 5.41) is 5.42. The fraction of sp³-hybridized carbons (Fsp3) is 0.333. The Labute approximate surface area is 94.0 Å². The van der Waals surface area contributed by atoms with E-state index in [-0.39, 0.29) is 5.75 Å². The number of benzene rings is 1. The van der Waals surface area contributed by atoms with Crippen molar-refractivity contribution < 1.29 is 13.2 Å². The topological polar surface area (TPSA) is 69.4 Å². The van der Waals surface area contributed by atoms with Crippen LogP contribution in [0, 0.1) is 0 Å². The third-order valence-electron chi connectivity index (χ3n) is 1.60. The van der Waals surface area contributed by atoms with E-state index in [1.165, 1.54) is 0 Å². The largest absolute Gasteiger partial charge is 0.490 e. The Morgan fingerprint density at radius 2 is 2.20 bits per heavy atom. The van der Waals surface area contributed by atoms with E-state index in [2.05, 4.69) is 0 Å². The van der Waals surface area contributed by atoms with E-state index < -0.39 is 16.1 Å². The minimum Gasteiger partial charge on any atom is -0.490 e. The molecule has 1 aromatic carbocycles. The molecule has 0 aromatic heterocycles. The van der Waals surface area contributed by atoms with E-state index in [1.54, 1.807) is 31.2 Å². The molecule has 6 heteroatoms. The minimum absolute atomic E-state index is 0.223. The van der Waals surface area contributed by atoms with Crippen LogP contribution in [0.5, 0.6) is 5.75 Å². The van der Waals surface area contributed by atoms with Gasteiger partial charge < -0.3 is 4.74 Å². The van der Waals surface area contributed by atoms with Gasteiger partial charge in [-0.1, -0.05) is 17.7 Å². The van der Waals surface area contributed by atoms with Crippen molar-refractivity contribution in [3.05, 3.63) is 29.3 Å². The van der Waals surface area contributed by atoms with Crippen LogP contribution in [0.3, 0.4) is 0 Å². The molecular weight excluding hydrogens is 238 g/mol. The van der Waals surface area contributed by atoms with Crippen LogP contribution in [-0.2, 0) is 10.0 Å². The average Bonchev–Trinajstić information content (AvgIpc) is 1.99. The molecule has 1 aromatic rings. The lowest BCUT2D eigenvalue weighted by molar-refractivity contribution is 0.244. The zero-order valence-corrected chi connectivity index (χ0v) is 9.75. The first-order valence-corrected chi connectivity index (χ1v) is 6.39. The maximum absolute atomic E-state index is 10.8. The van der Waals surface area contributed by atoms with Gasteiger partial charge in [-0.3, -0.25) is 0 Å². The van der Waals surface area contributed by atoms with Crippen LogP contribution in [0.15, 0.2) is 24.3 Å². The maximum Gasteiger partial charge on any atom is 0.212 e. The summed E-state index contributed by atoms with van der Waals surface area (Å²) >= 11 is 5.74. The Bertz CT molecular complexity index is 433. The number of nitrogens with two attached hydrogens (primary N) is 1. The number of sulfonamides is 1. The maximum atomic E-state index is 10.8. The van der Waals surface area contributed by atoms with Crippen LogP contribution >= 0.6 is 11.6 Å². The van der Waals surface area contributed by atoms with Gasteiger partial charge in [0.05, 0.1) is 0 Å². The highest BCUT2D eigenvalue weighted by molar-refractivity contribution is 7.89. The van der Waals surface area contributed by atoms with Crippen molar-refractivity contribution in [2.24, 2.45) is 5.14 Å². The molecule has 0 bridgehead atoms. The van der Waals surface area contributed by atoms with Crippen LogP contribution < -0.4 is 9.88 Å². The van der Waals surface area contributed by atoms with E-state index >= 15 is 0 Å². The Morgan fingerprint density at radius 1 is 1.53 bits per heavy atom. The molecule has 1 rings (SSSR count). The summed E-state index contributed by atoms with van der Waals surface area (Å²) in [6, 6.07) is 6.74. The van der Waals surface area contributed by atoms with Crippen LogP contribution in [0.4, 0.5) is 0 Å². The summed E-state index contributed by atoms with van der Waals surface area (Å²) < 4.78 is 26.9. The number of halogens is 1. The lowest BCUT2D eigenvalue weighted by Gasteiger charge is -2.13. The first-order valence-electron chi connectivity index (χ1n) is 4.29. The Hall–Kier alpha value is -0.780. The van der Waals surface area contributed by atoms with Crippen molar-refractivity contribution in [2.45, 2.75) is 13.0 Å². The van der Waals surface area contributed by atoms with Crippen molar-refractivity contribution in [2.75, 3.05) is 5.75 Å². The van der Waals surface area contributed by atoms with Crippen LogP contribution in [-0.4, -0.2) is 20.3 Å². The number of hydrogen-bond donors (Lipinski definition) is 1. The van der Waals surface area contributed by atoms with Gasteiger partial charge in [-0.15, -0.1) is 0 Å². The van der Waals surface area contributed by atoms with E-state index in [4.69, 9.17) is 21.5 Å². The number of ether oxygens (including phenoxy) is 1. The van der Waals surface area contributed by atoms with Gasteiger partial charge in [0, 0.05) is 5.02 Å². The van der Waals surface area contributed by atoms with Crippen molar-refractivity contribution >= 4 is 21.6 Å². The summed E-state index contributed by atoms with van der Waals surface area (Å²) in [6.07, 6.45) is -0.501. The molecule has 0 aliphatic rings. The third kappa shape index (κ3) is 5.01. The zero-order valence-electron chi connectivity index (χ0n) is 8.18. The first-order chi connectivity index (χ1) is 6.87. The van der Waals surface area contributed by atoms with Crippen molar-refractivity contribution in [3.63, 3.8) is 0 Å². The van der Waals surface area contributed by atoms with E-state index in [9.17, 15) is 8.42 Å². The summed E-state index contributed by atoms with van der Waals surface area (Å²) in [4.78, 5) is 0. The molecule has 0 saturated heterocycles. The summed E-state index contributed by atoms with van der Waals surface area (Å²) in [5.74, 6) is 0.304. The molecular formula is C9H12ClNO3S. The molecule has 1 unspecified atom stereocenters. The van der Waals surface area contributed by atoms with Gasteiger partial charge in [0.15, 0.2) is 0 Å². The molecule has 0 aliphatic heterocycles. The number of hydrogen-bond acceptors (Lipinski definition) is 3. The monoisotopic (exact) mass is 249 g/mol. The molecule has 0 amide bonds. The van der Waals surface area contributed by atoms with Crippen molar-refractivity contribution in [3.8, 4) is 5.75 Å². The zero-order chi connectivity index (χ0) is 11.5. The van der Waals surface area contributed by atoms with Gasteiger partial charge in [0.2, 0.25) is 10.0 Å². The van der Waals surface area contributed by atoms with Gasteiger partial charge in [-0.05, 0) is 25.1 Å². The standard InChI is InChI=1S/C9H12ClNO3S/c1-7(6-15(11,12)13)14-9-4-2-3-8(10)5-9/h2-5,7H,6H2,1H3,(H2,11,12,13). The minimum atomic E-state index is -3.51. The van der Waals surface area contributed by atoms with Crippen LogP contribution in [0.1, 0.15) is 6.92 Å². The molecule has 0 saturated carbocycles. The predicted molar refractivity (Wildman–Crippen MR) is 59.5 cm³/mol. The molecule has 1 atom stereocenters. The van der Waals surface area contributed by atoms with E-state index in [0.717, 1.165) is 0 Å². The van der Waals surface area contributed by atoms with Crippen LogP contribution in [0.2, 0.25) is 5.02 Å². The van der Waals surface area contributed by atoms with Gasteiger partial charge in [0.25, 0.3) is 0 Å². The number of primary sulfonamides is 1. The van der Waals surface area contributed by atoms with E-state index in [1.807, 2.05) is 0 Å². The van der Waals surface area contributed by atoms with Crippen molar-refractivity contribution in [1.29, 1.82) is 0 Å². The normalized spacial score (nSPS) is 13.5. The molecule has 15 heavy (non-hydrogen) atoms. The highest BCUT2D eigenvalue weighted by Crippen LogP contribution is 2.18. The fourth-order valence-corrected chi connectivity index (χ4v) is 2.04. The highest BCUT2D eigenvalue weighted by atomic mass is 35.5.